The van der Waals surface area contributed by atoms with E-state index < -0.39 is 15.3 Å². The molecule has 1 aliphatic heterocycles. The van der Waals surface area contributed by atoms with Crippen LogP contribution in [-0.4, -0.2) is 48.9 Å². The van der Waals surface area contributed by atoms with Gasteiger partial charge in [-0.05, 0) is 26.3 Å². The average molecular weight is 284 g/mol. The van der Waals surface area contributed by atoms with E-state index in [1.54, 1.807) is 14.0 Å². The maximum atomic E-state index is 12.6. The molecule has 1 saturated heterocycles. The SMILES string of the molecule is C[C@@H](c1cnccn1)S(=O)(=O)N(C)[C@@H]1CCCNC1. The van der Waals surface area contributed by atoms with E-state index in [-0.39, 0.29) is 6.04 Å². The maximum absolute atomic E-state index is 12.6. The third-order valence-corrected chi connectivity index (χ3v) is 5.87. The maximum Gasteiger partial charge on any atom is 0.222 e. The van der Waals surface area contributed by atoms with Crippen LogP contribution < -0.4 is 5.32 Å². The van der Waals surface area contributed by atoms with E-state index in [0.717, 1.165) is 19.4 Å². The fourth-order valence-corrected chi connectivity index (χ4v) is 3.80. The van der Waals surface area contributed by atoms with Crippen molar-refractivity contribution in [3.05, 3.63) is 24.3 Å². The van der Waals surface area contributed by atoms with Crippen LogP contribution in [0.5, 0.6) is 0 Å². The molecule has 2 atom stereocenters. The van der Waals surface area contributed by atoms with Crippen LogP contribution in [-0.2, 0) is 10.0 Å². The van der Waals surface area contributed by atoms with Gasteiger partial charge in [-0.1, -0.05) is 0 Å². The predicted molar refractivity (Wildman–Crippen MR) is 73.0 cm³/mol. The van der Waals surface area contributed by atoms with Crippen LogP contribution >= 0.6 is 0 Å². The summed E-state index contributed by atoms with van der Waals surface area (Å²) in [5.74, 6) is 0. The number of sulfonamides is 1. The molecule has 7 heteroatoms. The first-order valence-electron chi connectivity index (χ1n) is 6.47. The van der Waals surface area contributed by atoms with Gasteiger partial charge in [-0.3, -0.25) is 9.97 Å². The molecule has 0 saturated carbocycles. The van der Waals surface area contributed by atoms with Crippen molar-refractivity contribution in [1.29, 1.82) is 0 Å². The van der Waals surface area contributed by atoms with Crippen LogP contribution in [0.2, 0.25) is 0 Å². The number of likely N-dealkylation sites (N-methyl/N-ethyl adjacent to an activating group) is 1. The van der Waals surface area contributed by atoms with Crippen molar-refractivity contribution < 1.29 is 8.42 Å². The standard InChI is InChI=1S/C12H20N4O2S/c1-10(12-9-14-6-7-15-12)19(17,18)16(2)11-4-3-5-13-8-11/h6-7,9-11,13H,3-5,8H2,1-2H3/t10-,11+/m0/s1. The van der Waals surface area contributed by atoms with Gasteiger partial charge in [0.15, 0.2) is 0 Å². The normalized spacial score (nSPS) is 22.4. The Morgan fingerprint density at radius 3 is 2.84 bits per heavy atom. The molecule has 0 unspecified atom stereocenters. The molecule has 1 aromatic rings. The molecule has 1 N–H and O–H groups in total. The highest BCUT2D eigenvalue weighted by atomic mass is 32.2. The number of hydrogen-bond donors (Lipinski definition) is 1. The third kappa shape index (κ3) is 3.10. The minimum absolute atomic E-state index is 0.0258. The lowest BCUT2D eigenvalue weighted by molar-refractivity contribution is 0.297. The molecule has 106 valence electrons. The molecule has 0 bridgehead atoms. The van der Waals surface area contributed by atoms with Gasteiger partial charge in [0.05, 0.1) is 5.69 Å². The van der Waals surface area contributed by atoms with Crippen LogP contribution in [0.15, 0.2) is 18.6 Å². The molecule has 6 nitrogen and oxygen atoms in total. The number of hydrogen-bond acceptors (Lipinski definition) is 5. The summed E-state index contributed by atoms with van der Waals surface area (Å²) in [6, 6.07) is 0.0258. The van der Waals surface area contributed by atoms with Crippen molar-refractivity contribution in [3.63, 3.8) is 0 Å². The van der Waals surface area contributed by atoms with Gasteiger partial charge in [0.1, 0.15) is 5.25 Å². The summed E-state index contributed by atoms with van der Waals surface area (Å²) < 4.78 is 26.6. The molecule has 0 spiro atoms. The second-order valence-corrected chi connectivity index (χ2v) is 7.15. The third-order valence-electron chi connectivity index (χ3n) is 3.63. The van der Waals surface area contributed by atoms with Crippen molar-refractivity contribution in [3.8, 4) is 0 Å². The Hall–Kier alpha value is -1.05. The van der Waals surface area contributed by atoms with Gasteiger partial charge < -0.3 is 5.32 Å². The summed E-state index contributed by atoms with van der Waals surface area (Å²) in [5, 5.41) is 2.56. The summed E-state index contributed by atoms with van der Waals surface area (Å²) in [6.07, 6.45) is 6.47. The minimum atomic E-state index is -3.40. The van der Waals surface area contributed by atoms with E-state index in [1.165, 1.54) is 22.9 Å². The predicted octanol–water partition coefficient (Wildman–Crippen LogP) is 0.551. The largest absolute Gasteiger partial charge is 0.315 e. The first-order chi connectivity index (χ1) is 9.03. The molecule has 2 rings (SSSR count). The van der Waals surface area contributed by atoms with Gasteiger partial charge in [0.2, 0.25) is 10.0 Å². The summed E-state index contributed by atoms with van der Waals surface area (Å²) in [7, 11) is -1.75. The zero-order chi connectivity index (χ0) is 13.9. The van der Waals surface area contributed by atoms with Gasteiger partial charge in [0, 0.05) is 38.2 Å². The van der Waals surface area contributed by atoms with Gasteiger partial charge in [-0.2, -0.15) is 0 Å². The molecular weight excluding hydrogens is 264 g/mol. The Balaban J connectivity index is 2.17. The lowest BCUT2D eigenvalue weighted by Crippen LogP contribution is -2.47. The van der Waals surface area contributed by atoms with E-state index in [0.29, 0.717) is 12.2 Å². The van der Waals surface area contributed by atoms with Gasteiger partial charge in [0.25, 0.3) is 0 Å². The van der Waals surface area contributed by atoms with E-state index in [1.807, 2.05) is 0 Å². The fraction of sp³-hybridized carbons (Fsp3) is 0.667. The second-order valence-electron chi connectivity index (χ2n) is 4.83. The molecule has 1 aromatic heterocycles. The average Bonchev–Trinajstić information content (AvgIpc) is 2.47. The lowest BCUT2D eigenvalue weighted by atomic mass is 10.1. The first kappa shape index (κ1) is 14.4. The second kappa shape index (κ2) is 5.94. The van der Waals surface area contributed by atoms with Gasteiger partial charge >= 0.3 is 0 Å². The summed E-state index contributed by atoms with van der Waals surface area (Å²) in [5.41, 5.74) is 0.484. The Morgan fingerprint density at radius 1 is 1.47 bits per heavy atom. The van der Waals surface area contributed by atoms with Gasteiger partial charge in [-0.15, -0.1) is 0 Å². The van der Waals surface area contributed by atoms with Crippen molar-refractivity contribution in [2.24, 2.45) is 0 Å². The van der Waals surface area contributed by atoms with Crippen LogP contribution in [0.4, 0.5) is 0 Å². The Kier molecular flexibility index (Phi) is 4.49. The lowest BCUT2D eigenvalue weighted by Gasteiger charge is -2.32. The fourth-order valence-electron chi connectivity index (χ4n) is 2.27. The highest BCUT2D eigenvalue weighted by molar-refractivity contribution is 7.89. The van der Waals surface area contributed by atoms with E-state index in [2.05, 4.69) is 15.3 Å². The highest BCUT2D eigenvalue weighted by Crippen LogP contribution is 2.25. The van der Waals surface area contributed by atoms with E-state index in [9.17, 15) is 8.42 Å². The number of nitrogens with one attached hydrogen (secondary N) is 1. The molecular formula is C12H20N4O2S. The number of rotatable bonds is 4. The summed E-state index contributed by atoms with van der Waals surface area (Å²) in [6.45, 7) is 3.33. The molecule has 1 fully saturated rings. The number of nitrogens with zero attached hydrogens (tertiary/aromatic N) is 3. The zero-order valence-corrected chi connectivity index (χ0v) is 12.1. The Labute approximate surface area is 114 Å². The summed E-state index contributed by atoms with van der Waals surface area (Å²) in [4.78, 5) is 8.02. The van der Waals surface area contributed by atoms with E-state index >= 15 is 0 Å². The van der Waals surface area contributed by atoms with Crippen LogP contribution in [0.1, 0.15) is 30.7 Å². The van der Waals surface area contributed by atoms with E-state index in [4.69, 9.17) is 0 Å². The Bertz CT molecular complexity index is 500. The van der Waals surface area contributed by atoms with Crippen molar-refractivity contribution in [2.75, 3.05) is 20.1 Å². The molecule has 0 amide bonds. The smallest absolute Gasteiger partial charge is 0.222 e. The highest BCUT2D eigenvalue weighted by Gasteiger charge is 2.33. The van der Waals surface area contributed by atoms with Crippen molar-refractivity contribution >= 4 is 10.0 Å². The van der Waals surface area contributed by atoms with Crippen molar-refractivity contribution in [1.82, 2.24) is 19.6 Å². The molecule has 0 aromatic carbocycles. The molecule has 19 heavy (non-hydrogen) atoms. The van der Waals surface area contributed by atoms with Crippen molar-refractivity contribution in [2.45, 2.75) is 31.1 Å². The topological polar surface area (TPSA) is 75.2 Å². The minimum Gasteiger partial charge on any atom is -0.315 e. The van der Waals surface area contributed by atoms with Crippen LogP contribution in [0.3, 0.4) is 0 Å². The summed E-state index contributed by atoms with van der Waals surface area (Å²) >= 11 is 0. The molecule has 0 radical (unpaired) electrons. The number of aromatic nitrogens is 2. The molecule has 1 aliphatic rings. The molecule has 0 aliphatic carbocycles. The first-order valence-corrected chi connectivity index (χ1v) is 7.97. The van der Waals surface area contributed by atoms with Gasteiger partial charge in [-0.25, -0.2) is 12.7 Å². The van der Waals surface area contributed by atoms with Crippen LogP contribution in [0, 0.1) is 0 Å². The monoisotopic (exact) mass is 284 g/mol. The zero-order valence-electron chi connectivity index (χ0n) is 11.3. The Morgan fingerprint density at radius 2 is 2.26 bits per heavy atom. The number of piperidine rings is 1. The molecule has 2 heterocycles. The van der Waals surface area contributed by atoms with Crippen LogP contribution in [0.25, 0.3) is 0 Å². The quantitative estimate of drug-likeness (QED) is 0.874.